The molecular formula is C15H20N2O4. The number of hydrogen-bond donors (Lipinski definition) is 2. The van der Waals surface area contributed by atoms with Crippen LogP contribution in [0.5, 0.6) is 0 Å². The van der Waals surface area contributed by atoms with Crippen molar-refractivity contribution in [3.8, 4) is 0 Å². The Labute approximate surface area is 123 Å². The van der Waals surface area contributed by atoms with Crippen LogP contribution in [-0.2, 0) is 9.53 Å². The average molecular weight is 292 g/mol. The predicted octanol–water partition coefficient (Wildman–Crippen LogP) is 2.35. The molecule has 1 aromatic rings. The molecule has 0 unspecified atom stereocenters. The molecule has 0 aliphatic carbocycles. The number of benzene rings is 1. The molecule has 21 heavy (non-hydrogen) atoms. The summed E-state index contributed by atoms with van der Waals surface area (Å²) >= 11 is 0. The Bertz CT molecular complexity index is 547. The van der Waals surface area contributed by atoms with Gasteiger partial charge in [0.25, 0.3) is 0 Å². The third-order valence-electron chi connectivity index (χ3n) is 2.34. The highest BCUT2D eigenvalue weighted by Crippen LogP contribution is 2.11. The highest BCUT2D eigenvalue weighted by atomic mass is 16.6. The number of carbonyl (C=O) groups excluding carboxylic acids is 3. The number of hydrogen-bond acceptors (Lipinski definition) is 4. The van der Waals surface area contributed by atoms with Crippen molar-refractivity contribution in [3.05, 3.63) is 29.8 Å². The maximum atomic E-state index is 11.6. The molecule has 0 saturated heterocycles. The van der Waals surface area contributed by atoms with Gasteiger partial charge in [0.2, 0.25) is 0 Å². The molecule has 114 valence electrons. The number of ketones is 1. The van der Waals surface area contributed by atoms with E-state index in [0.717, 1.165) is 0 Å². The van der Waals surface area contributed by atoms with Crippen molar-refractivity contribution in [2.75, 3.05) is 11.9 Å². The molecule has 0 bridgehead atoms. The molecule has 0 saturated carbocycles. The smallest absolute Gasteiger partial charge is 0.325 e. The molecule has 0 spiro atoms. The molecule has 0 atom stereocenters. The quantitative estimate of drug-likeness (QED) is 0.659. The fraction of sp³-hybridized carbons (Fsp3) is 0.400. The van der Waals surface area contributed by atoms with Crippen LogP contribution in [0.25, 0.3) is 0 Å². The number of Topliss-reactive ketones (excluding diaryl/α,β-unsaturated/α-hetero) is 1. The van der Waals surface area contributed by atoms with Gasteiger partial charge in [0, 0.05) is 11.3 Å². The van der Waals surface area contributed by atoms with Crippen molar-refractivity contribution in [1.29, 1.82) is 0 Å². The van der Waals surface area contributed by atoms with Crippen molar-refractivity contribution in [1.82, 2.24) is 5.32 Å². The monoisotopic (exact) mass is 292 g/mol. The first-order valence-corrected chi connectivity index (χ1v) is 6.55. The molecule has 0 aliphatic rings. The number of anilines is 1. The number of carbonyl (C=O) groups is 3. The van der Waals surface area contributed by atoms with Crippen molar-refractivity contribution in [3.63, 3.8) is 0 Å². The minimum atomic E-state index is -0.592. The van der Waals surface area contributed by atoms with Crippen LogP contribution in [0.2, 0.25) is 0 Å². The van der Waals surface area contributed by atoms with E-state index in [1.165, 1.54) is 6.92 Å². The average Bonchev–Trinajstić information content (AvgIpc) is 2.34. The Balaban J connectivity index is 2.49. The number of nitrogens with one attached hydrogen (secondary N) is 2. The van der Waals surface area contributed by atoms with Gasteiger partial charge in [-0.15, -0.1) is 0 Å². The van der Waals surface area contributed by atoms with Crippen LogP contribution in [0, 0.1) is 0 Å². The van der Waals surface area contributed by atoms with Crippen LogP contribution in [0.1, 0.15) is 38.1 Å². The molecule has 2 N–H and O–H groups in total. The molecule has 2 amide bonds. The minimum absolute atomic E-state index is 0.0900. The van der Waals surface area contributed by atoms with Crippen LogP contribution in [0.15, 0.2) is 24.3 Å². The summed E-state index contributed by atoms with van der Waals surface area (Å²) in [6.45, 7) is 6.46. The minimum Gasteiger partial charge on any atom is -0.459 e. The highest BCUT2D eigenvalue weighted by molar-refractivity contribution is 5.97. The second-order valence-corrected chi connectivity index (χ2v) is 5.53. The number of rotatable bonds is 4. The highest BCUT2D eigenvalue weighted by Gasteiger charge is 2.16. The van der Waals surface area contributed by atoms with E-state index in [2.05, 4.69) is 10.6 Å². The lowest BCUT2D eigenvalue weighted by atomic mass is 10.1. The predicted molar refractivity (Wildman–Crippen MR) is 79.3 cm³/mol. The van der Waals surface area contributed by atoms with Crippen LogP contribution < -0.4 is 10.6 Å². The SMILES string of the molecule is CC(=O)c1cccc(NC(=O)NCC(=O)OC(C)(C)C)c1. The summed E-state index contributed by atoms with van der Waals surface area (Å²) in [4.78, 5) is 34.3. The van der Waals surface area contributed by atoms with Gasteiger partial charge in [-0.2, -0.15) is 0 Å². The Kier molecular flexibility index (Phi) is 5.46. The van der Waals surface area contributed by atoms with Crippen molar-refractivity contribution in [2.24, 2.45) is 0 Å². The zero-order chi connectivity index (χ0) is 16.0. The van der Waals surface area contributed by atoms with E-state index in [-0.39, 0.29) is 12.3 Å². The fourth-order valence-corrected chi connectivity index (χ4v) is 1.52. The van der Waals surface area contributed by atoms with E-state index in [4.69, 9.17) is 4.74 Å². The third kappa shape index (κ3) is 6.56. The molecule has 6 nitrogen and oxygen atoms in total. The lowest BCUT2D eigenvalue weighted by Crippen LogP contribution is -2.36. The largest absolute Gasteiger partial charge is 0.459 e. The lowest BCUT2D eigenvalue weighted by molar-refractivity contribution is -0.153. The Morgan fingerprint density at radius 1 is 1.19 bits per heavy atom. The molecular weight excluding hydrogens is 272 g/mol. The molecule has 0 aliphatic heterocycles. The van der Waals surface area contributed by atoms with Gasteiger partial charge in [-0.25, -0.2) is 4.79 Å². The number of esters is 1. The molecule has 0 aromatic heterocycles. The first-order chi connectivity index (χ1) is 9.67. The van der Waals surface area contributed by atoms with Gasteiger partial charge in [-0.1, -0.05) is 12.1 Å². The molecule has 1 rings (SSSR count). The summed E-state index contributed by atoms with van der Waals surface area (Å²) in [5.74, 6) is -0.608. The van der Waals surface area contributed by atoms with Crippen LogP contribution >= 0.6 is 0 Å². The summed E-state index contributed by atoms with van der Waals surface area (Å²) in [6.07, 6.45) is 0. The summed E-state index contributed by atoms with van der Waals surface area (Å²) in [5, 5.41) is 4.94. The Hall–Kier alpha value is -2.37. The summed E-state index contributed by atoms with van der Waals surface area (Å²) in [7, 11) is 0. The number of ether oxygens (including phenoxy) is 1. The van der Waals surface area contributed by atoms with Gasteiger partial charge in [-0.05, 0) is 39.8 Å². The zero-order valence-electron chi connectivity index (χ0n) is 12.6. The summed E-state index contributed by atoms with van der Waals surface area (Å²) in [6, 6.07) is 6.00. The van der Waals surface area contributed by atoms with Gasteiger partial charge in [0.05, 0.1) is 0 Å². The van der Waals surface area contributed by atoms with Crippen molar-refractivity contribution in [2.45, 2.75) is 33.3 Å². The summed E-state index contributed by atoms with van der Waals surface area (Å²) < 4.78 is 5.06. The van der Waals surface area contributed by atoms with Crippen LogP contribution in [0.4, 0.5) is 10.5 Å². The van der Waals surface area contributed by atoms with Gasteiger partial charge in [0.1, 0.15) is 12.1 Å². The fourth-order valence-electron chi connectivity index (χ4n) is 1.52. The topological polar surface area (TPSA) is 84.5 Å². The molecule has 0 heterocycles. The van der Waals surface area contributed by atoms with Gasteiger partial charge < -0.3 is 15.4 Å². The summed E-state index contributed by atoms with van der Waals surface area (Å²) in [5.41, 5.74) is 0.384. The normalized spacial score (nSPS) is 10.7. The first kappa shape index (κ1) is 16.7. The van der Waals surface area contributed by atoms with E-state index in [9.17, 15) is 14.4 Å². The maximum Gasteiger partial charge on any atom is 0.325 e. The van der Waals surface area contributed by atoms with Crippen LogP contribution in [-0.4, -0.2) is 29.9 Å². The van der Waals surface area contributed by atoms with Gasteiger partial charge in [-0.3, -0.25) is 9.59 Å². The lowest BCUT2D eigenvalue weighted by Gasteiger charge is -2.19. The van der Waals surface area contributed by atoms with Crippen LogP contribution in [0.3, 0.4) is 0 Å². The Morgan fingerprint density at radius 3 is 2.43 bits per heavy atom. The van der Waals surface area contributed by atoms with E-state index >= 15 is 0 Å². The third-order valence-corrected chi connectivity index (χ3v) is 2.34. The first-order valence-electron chi connectivity index (χ1n) is 6.55. The van der Waals surface area contributed by atoms with Crippen molar-refractivity contribution >= 4 is 23.5 Å². The van der Waals surface area contributed by atoms with Crippen molar-refractivity contribution < 1.29 is 19.1 Å². The van der Waals surface area contributed by atoms with Gasteiger partial charge in [0.15, 0.2) is 5.78 Å². The number of amides is 2. The molecule has 0 fully saturated rings. The van der Waals surface area contributed by atoms with E-state index in [0.29, 0.717) is 11.3 Å². The standard InChI is InChI=1S/C15H20N2O4/c1-10(18)11-6-5-7-12(8-11)17-14(20)16-9-13(19)21-15(2,3)4/h5-8H,9H2,1-4H3,(H2,16,17,20). The number of urea groups is 1. The molecule has 0 radical (unpaired) electrons. The van der Waals surface area contributed by atoms with Gasteiger partial charge >= 0.3 is 12.0 Å². The van der Waals surface area contributed by atoms with E-state index in [1.807, 2.05) is 0 Å². The molecule has 1 aromatic carbocycles. The Morgan fingerprint density at radius 2 is 1.86 bits per heavy atom. The second kappa shape index (κ2) is 6.88. The van der Waals surface area contributed by atoms with E-state index < -0.39 is 17.6 Å². The second-order valence-electron chi connectivity index (χ2n) is 5.53. The maximum absolute atomic E-state index is 11.6. The van der Waals surface area contributed by atoms with E-state index in [1.54, 1.807) is 45.0 Å². The zero-order valence-corrected chi connectivity index (χ0v) is 12.6. The molecule has 6 heteroatoms.